The third kappa shape index (κ3) is 4.42. The summed E-state index contributed by atoms with van der Waals surface area (Å²) >= 11 is 0. The van der Waals surface area contributed by atoms with Gasteiger partial charge < -0.3 is 15.0 Å². The smallest absolute Gasteiger partial charge is 0.322 e. The highest BCUT2D eigenvalue weighted by atomic mass is 16.5. The molecule has 1 atom stereocenters. The van der Waals surface area contributed by atoms with E-state index in [1.165, 1.54) is 0 Å². The molecule has 0 aliphatic carbocycles. The minimum absolute atomic E-state index is 0.0545. The Balaban J connectivity index is 1.68. The molecular formula is C14H23N3O4. The molecule has 0 saturated carbocycles. The van der Waals surface area contributed by atoms with Crippen molar-refractivity contribution in [3.05, 3.63) is 0 Å². The van der Waals surface area contributed by atoms with Gasteiger partial charge in [-0.05, 0) is 32.1 Å². The topological polar surface area (TPSA) is 87.7 Å². The van der Waals surface area contributed by atoms with Crippen LogP contribution >= 0.6 is 0 Å². The van der Waals surface area contributed by atoms with E-state index >= 15 is 0 Å². The van der Waals surface area contributed by atoms with Gasteiger partial charge in [-0.15, -0.1) is 0 Å². The Morgan fingerprint density at radius 2 is 2.05 bits per heavy atom. The number of likely N-dealkylation sites (tertiary alicyclic amines) is 1. The molecule has 2 aliphatic rings. The van der Waals surface area contributed by atoms with Crippen LogP contribution in [0.3, 0.4) is 0 Å². The molecular weight excluding hydrogens is 274 g/mol. The molecule has 2 fully saturated rings. The zero-order valence-corrected chi connectivity index (χ0v) is 12.4. The van der Waals surface area contributed by atoms with Crippen LogP contribution in [0.5, 0.6) is 0 Å². The minimum atomic E-state index is -0.572. The third-order valence-electron chi connectivity index (χ3n) is 4.03. The summed E-state index contributed by atoms with van der Waals surface area (Å²) in [4.78, 5) is 36.3. The molecule has 2 saturated heterocycles. The maximum absolute atomic E-state index is 12.1. The van der Waals surface area contributed by atoms with E-state index in [-0.39, 0.29) is 18.2 Å². The minimum Gasteiger partial charge on any atom is -0.381 e. The average molecular weight is 297 g/mol. The Morgan fingerprint density at radius 3 is 2.62 bits per heavy atom. The van der Waals surface area contributed by atoms with Crippen LogP contribution in [0.4, 0.5) is 4.79 Å². The fourth-order valence-electron chi connectivity index (χ4n) is 2.72. The summed E-state index contributed by atoms with van der Waals surface area (Å²) in [6.45, 7) is 4.98. The molecule has 2 N–H and O–H groups in total. The van der Waals surface area contributed by atoms with Crippen molar-refractivity contribution in [2.24, 2.45) is 5.92 Å². The number of piperidine rings is 1. The molecule has 0 aromatic rings. The lowest BCUT2D eigenvalue weighted by Gasteiger charge is -2.32. The number of urea groups is 1. The summed E-state index contributed by atoms with van der Waals surface area (Å²) in [5, 5.41) is 4.67. The monoisotopic (exact) mass is 297 g/mol. The summed E-state index contributed by atoms with van der Waals surface area (Å²) in [6.07, 6.45) is 2.57. The maximum Gasteiger partial charge on any atom is 0.322 e. The van der Waals surface area contributed by atoms with Crippen molar-refractivity contribution in [3.63, 3.8) is 0 Å². The molecule has 118 valence electrons. The van der Waals surface area contributed by atoms with Crippen LogP contribution in [-0.4, -0.2) is 55.1 Å². The summed E-state index contributed by atoms with van der Waals surface area (Å²) < 4.78 is 5.42. The largest absolute Gasteiger partial charge is 0.381 e. The van der Waals surface area contributed by atoms with Gasteiger partial charge in [-0.1, -0.05) is 0 Å². The van der Waals surface area contributed by atoms with Gasteiger partial charge in [-0.3, -0.25) is 14.9 Å². The van der Waals surface area contributed by atoms with E-state index in [0.29, 0.717) is 12.3 Å². The number of rotatable bonds is 6. The molecule has 2 aliphatic heterocycles. The summed E-state index contributed by atoms with van der Waals surface area (Å²) in [5.74, 6) is 0.246. The highest BCUT2D eigenvalue weighted by Gasteiger charge is 2.30. The molecule has 0 aromatic heterocycles. The second kappa shape index (κ2) is 7.40. The number of hydrogen-bond acceptors (Lipinski definition) is 4. The van der Waals surface area contributed by atoms with Crippen LogP contribution in [0.1, 0.15) is 32.6 Å². The van der Waals surface area contributed by atoms with E-state index in [0.717, 1.165) is 39.1 Å². The van der Waals surface area contributed by atoms with Crippen LogP contribution in [0.25, 0.3) is 0 Å². The first-order chi connectivity index (χ1) is 10.1. The fraction of sp³-hybridized carbons (Fsp3) is 0.786. The van der Waals surface area contributed by atoms with Gasteiger partial charge in [0.1, 0.15) is 6.04 Å². The first kappa shape index (κ1) is 15.8. The van der Waals surface area contributed by atoms with E-state index in [9.17, 15) is 14.4 Å². The number of nitrogens with one attached hydrogen (secondary N) is 2. The zero-order valence-electron chi connectivity index (χ0n) is 12.4. The molecule has 21 heavy (non-hydrogen) atoms. The van der Waals surface area contributed by atoms with Gasteiger partial charge in [0, 0.05) is 32.7 Å². The van der Waals surface area contributed by atoms with Crippen molar-refractivity contribution < 1.29 is 19.1 Å². The molecule has 4 amide bonds. The Morgan fingerprint density at radius 1 is 1.33 bits per heavy atom. The van der Waals surface area contributed by atoms with Gasteiger partial charge in [-0.2, -0.15) is 0 Å². The van der Waals surface area contributed by atoms with E-state index in [2.05, 4.69) is 10.6 Å². The fourth-order valence-corrected chi connectivity index (χ4v) is 2.72. The normalized spacial score (nSPS) is 23.1. The lowest BCUT2D eigenvalue weighted by atomic mass is 9.97. The number of carbonyl (C=O) groups excluding carboxylic acids is 3. The highest BCUT2D eigenvalue weighted by Crippen LogP contribution is 2.18. The summed E-state index contributed by atoms with van der Waals surface area (Å²) in [5.41, 5.74) is 0. The van der Waals surface area contributed by atoms with Gasteiger partial charge >= 0.3 is 6.03 Å². The number of nitrogens with zero attached hydrogens (tertiary/aromatic N) is 1. The summed E-state index contributed by atoms with van der Waals surface area (Å²) in [7, 11) is 0. The lowest BCUT2D eigenvalue weighted by molar-refractivity contribution is -0.133. The number of amides is 4. The Labute approximate surface area is 124 Å². The van der Waals surface area contributed by atoms with Gasteiger partial charge in [0.2, 0.25) is 5.91 Å². The Bertz CT molecular complexity index is 405. The van der Waals surface area contributed by atoms with Gasteiger partial charge in [-0.25, -0.2) is 4.79 Å². The lowest BCUT2D eigenvalue weighted by Crippen LogP contribution is -2.40. The average Bonchev–Trinajstić information content (AvgIpc) is 2.81. The van der Waals surface area contributed by atoms with Gasteiger partial charge in [0.15, 0.2) is 0 Å². The van der Waals surface area contributed by atoms with Gasteiger partial charge in [0.25, 0.3) is 5.91 Å². The predicted molar refractivity (Wildman–Crippen MR) is 75.5 cm³/mol. The standard InChI is InChI=1S/C14H23N3O4/c1-2-21-9-10-5-7-17(8-6-10)12(18)4-3-11-13(19)16-14(20)15-11/h10-11H,2-9H2,1H3,(H2,15,16,19,20)/t11-/m0/s1. The van der Waals surface area contributed by atoms with Crippen LogP contribution in [-0.2, 0) is 14.3 Å². The van der Waals surface area contributed by atoms with Crippen LogP contribution < -0.4 is 10.6 Å². The van der Waals surface area contributed by atoms with Crippen LogP contribution in [0.2, 0.25) is 0 Å². The number of ether oxygens (including phenoxy) is 1. The predicted octanol–water partition coefficient (Wildman–Crippen LogP) is 0.250. The van der Waals surface area contributed by atoms with Crippen molar-refractivity contribution >= 4 is 17.8 Å². The molecule has 2 heterocycles. The van der Waals surface area contributed by atoms with Crippen LogP contribution in [0, 0.1) is 5.92 Å². The first-order valence-corrected chi connectivity index (χ1v) is 7.57. The molecule has 0 bridgehead atoms. The Hall–Kier alpha value is -1.63. The quantitative estimate of drug-likeness (QED) is 0.688. The van der Waals surface area contributed by atoms with E-state index < -0.39 is 12.1 Å². The van der Waals surface area contributed by atoms with E-state index in [4.69, 9.17) is 4.74 Å². The van der Waals surface area contributed by atoms with Crippen molar-refractivity contribution in [3.8, 4) is 0 Å². The number of imide groups is 1. The molecule has 0 spiro atoms. The molecule has 7 heteroatoms. The SMILES string of the molecule is CCOCC1CCN(C(=O)CC[C@@H]2NC(=O)NC2=O)CC1. The maximum atomic E-state index is 12.1. The van der Waals surface area contributed by atoms with Crippen LogP contribution in [0.15, 0.2) is 0 Å². The van der Waals surface area contributed by atoms with Crippen molar-refractivity contribution in [2.75, 3.05) is 26.3 Å². The summed E-state index contributed by atoms with van der Waals surface area (Å²) in [6, 6.07) is -1.05. The molecule has 0 radical (unpaired) electrons. The third-order valence-corrected chi connectivity index (χ3v) is 4.03. The molecule has 0 aromatic carbocycles. The van der Waals surface area contributed by atoms with Gasteiger partial charge in [0.05, 0.1) is 0 Å². The Kier molecular flexibility index (Phi) is 5.55. The van der Waals surface area contributed by atoms with E-state index in [1.807, 2.05) is 11.8 Å². The van der Waals surface area contributed by atoms with Crippen molar-refractivity contribution in [2.45, 2.75) is 38.6 Å². The van der Waals surface area contributed by atoms with E-state index in [1.54, 1.807) is 0 Å². The second-order valence-corrected chi connectivity index (χ2v) is 5.54. The molecule has 2 rings (SSSR count). The van der Waals surface area contributed by atoms with Crippen molar-refractivity contribution in [1.82, 2.24) is 15.5 Å². The number of hydrogen-bond donors (Lipinski definition) is 2. The first-order valence-electron chi connectivity index (χ1n) is 7.57. The molecule has 7 nitrogen and oxygen atoms in total. The van der Waals surface area contributed by atoms with Crippen molar-refractivity contribution in [1.29, 1.82) is 0 Å². The molecule has 0 unspecified atom stereocenters. The number of carbonyl (C=O) groups is 3. The highest BCUT2D eigenvalue weighted by molar-refractivity contribution is 6.04. The second-order valence-electron chi connectivity index (χ2n) is 5.54. The zero-order chi connectivity index (χ0) is 15.2.